The average molecular weight is 638 g/mol. The van der Waals surface area contributed by atoms with Crippen molar-refractivity contribution in [1.82, 2.24) is 0 Å². The fourth-order valence-corrected chi connectivity index (χ4v) is 7.59. The molecule has 8 aromatic carbocycles. The lowest BCUT2D eigenvalue weighted by Crippen LogP contribution is -2.03. The van der Waals surface area contributed by atoms with Gasteiger partial charge in [-0.2, -0.15) is 0 Å². The monoisotopic (exact) mass is 637 g/mol. The van der Waals surface area contributed by atoms with Crippen molar-refractivity contribution in [3.05, 3.63) is 204 Å². The Labute approximate surface area is 293 Å². The highest BCUT2D eigenvalue weighted by atomic mass is 14.7. The molecule has 0 N–H and O–H groups in total. The van der Waals surface area contributed by atoms with Crippen molar-refractivity contribution in [2.45, 2.75) is 6.42 Å². The molecule has 0 unspecified atom stereocenters. The molecule has 0 aliphatic carbocycles. The summed E-state index contributed by atoms with van der Waals surface area (Å²) in [5, 5.41) is 7.55. The molecule has 8 aromatic rings. The molecule has 1 aliphatic heterocycles. The van der Waals surface area contributed by atoms with Gasteiger partial charge in [0.2, 0.25) is 0 Å². The van der Waals surface area contributed by atoms with E-state index in [2.05, 4.69) is 188 Å². The SMILES string of the molecule is C1=Cc2ccccc2C/C(c2cccc(-c3c4ccccc4c(-c4ccc5ccccc5c4)c4ccccc34)c2)=C\C(c2ccccc2)=NC1. The van der Waals surface area contributed by atoms with Gasteiger partial charge in [0.1, 0.15) is 0 Å². The van der Waals surface area contributed by atoms with E-state index in [1.807, 2.05) is 0 Å². The first-order chi connectivity index (χ1) is 24.8. The molecular weight excluding hydrogens is 603 g/mol. The predicted octanol–water partition coefficient (Wildman–Crippen LogP) is 12.6. The van der Waals surface area contributed by atoms with Crippen LogP contribution in [0.2, 0.25) is 0 Å². The normalized spacial score (nSPS) is 14.2. The maximum atomic E-state index is 5.08. The Hall–Kier alpha value is -6.31. The minimum Gasteiger partial charge on any atom is -0.281 e. The van der Waals surface area contributed by atoms with E-state index in [1.165, 1.54) is 76.8 Å². The van der Waals surface area contributed by atoms with Gasteiger partial charge >= 0.3 is 0 Å². The van der Waals surface area contributed by atoms with Gasteiger partial charge in [-0.3, -0.25) is 4.99 Å². The Morgan fingerprint density at radius 2 is 1.00 bits per heavy atom. The second-order valence-electron chi connectivity index (χ2n) is 13.0. The average Bonchev–Trinajstić information content (AvgIpc) is 3.18. The Kier molecular flexibility index (Phi) is 7.72. The number of benzene rings is 8. The van der Waals surface area contributed by atoms with Crippen molar-refractivity contribution in [1.29, 1.82) is 0 Å². The number of allylic oxidation sites excluding steroid dienone is 2. The van der Waals surface area contributed by atoms with E-state index in [9.17, 15) is 0 Å². The minimum absolute atomic E-state index is 0.629. The molecule has 9 rings (SSSR count). The lowest BCUT2D eigenvalue weighted by atomic mass is 9.84. The van der Waals surface area contributed by atoms with Gasteiger partial charge < -0.3 is 0 Å². The van der Waals surface area contributed by atoms with E-state index in [0.29, 0.717) is 6.54 Å². The number of rotatable bonds is 4. The third kappa shape index (κ3) is 5.53. The summed E-state index contributed by atoms with van der Waals surface area (Å²) in [7, 11) is 0. The summed E-state index contributed by atoms with van der Waals surface area (Å²) in [6, 6.07) is 61.8. The zero-order valence-corrected chi connectivity index (χ0v) is 27.8. The van der Waals surface area contributed by atoms with E-state index in [0.717, 1.165) is 17.7 Å². The van der Waals surface area contributed by atoms with E-state index >= 15 is 0 Å². The first-order valence-corrected chi connectivity index (χ1v) is 17.4. The highest BCUT2D eigenvalue weighted by Gasteiger charge is 2.18. The van der Waals surface area contributed by atoms with Gasteiger partial charge in [0.15, 0.2) is 0 Å². The maximum absolute atomic E-state index is 5.08. The Balaban J connectivity index is 1.25. The highest BCUT2D eigenvalue weighted by Crippen LogP contribution is 2.44. The van der Waals surface area contributed by atoms with Gasteiger partial charge in [-0.1, -0.05) is 170 Å². The van der Waals surface area contributed by atoms with Crippen LogP contribution in [0.25, 0.3) is 66.2 Å². The van der Waals surface area contributed by atoms with Crippen molar-refractivity contribution < 1.29 is 0 Å². The van der Waals surface area contributed by atoms with Crippen LogP contribution in [0.1, 0.15) is 22.3 Å². The molecule has 0 amide bonds. The summed E-state index contributed by atoms with van der Waals surface area (Å²) >= 11 is 0. The van der Waals surface area contributed by atoms with Crippen LogP contribution in [0.5, 0.6) is 0 Å². The van der Waals surface area contributed by atoms with Crippen molar-refractivity contribution in [2.24, 2.45) is 4.99 Å². The standard InChI is InChI=1S/C49H35N/c1-2-16-36(17-3-1)47-33-42(32-38-19-6-4-14-34(38)22-13-29-50-47)39-20-12-21-40(31-39)48-43-23-8-10-25-45(43)49(46-26-11-9-24-44(46)48)41-28-27-35-15-5-7-18-37(35)30-41/h1-28,30-31,33H,29,32H2/b22-13?,42-33+,50-47?. The lowest BCUT2D eigenvalue weighted by Gasteiger charge is -2.19. The van der Waals surface area contributed by atoms with Crippen molar-refractivity contribution in [3.63, 3.8) is 0 Å². The van der Waals surface area contributed by atoms with Crippen molar-refractivity contribution in [2.75, 3.05) is 6.54 Å². The van der Waals surface area contributed by atoms with Gasteiger partial charge in [0, 0.05) is 0 Å². The highest BCUT2D eigenvalue weighted by molar-refractivity contribution is 6.22. The van der Waals surface area contributed by atoms with E-state index in [4.69, 9.17) is 4.99 Å². The quantitative estimate of drug-likeness (QED) is 0.170. The Morgan fingerprint density at radius 3 is 1.74 bits per heavy atom. The number of aliphatic imine (C=N–C) groups is 1. The predicted molar refractivity (Wildman–Crippen MR) is 215 cm³/mol. The molecule has 0 fully saturated rings. The molecule has 1 heterocycles. The Morgan fingerprint density at radius 1 is 0.420 bits per heavy atom. The third-order valence-corrected chi connectivity index (χ3v) is 9.97. The summed E-state index contributed by atoms with van der Waals surface area (Å²) in [6.45, 7) is 0.629. The molecule has 0 atom stereocenters. The van der Waals surface area contributed by atoms with Crippen LogP contribution >= 0.6 is 0 Å². The summed E-state index contributed by atoms with van der Waals surface area (Å²) in [5.74, 6) is 0. The van der Waals surface area contributed by atoms with Gasteiger partial charge in [0.05, 0.1) is 12.3 Å². The molecule has 0 saturated heterocycles. The molecule has 50 heavy (non-hydrogen) atoms. The second kappa shape index (κ2) is 13.0. The van der Waals surface area contributed by atoms with E-state index in [-0.39, 0.29) is 0 Å². The van der Waals surface area contributed by atoms with Crippen LogP contribution in [-0.2, 0) is 6.42 Å². The molecular formula is C49H35N. The zero-order chi connectivity index (χ0) is 33.3. The maximum Gasteiger partial charge on any atom is 0.0653 e. The van der Waals surface area contributed by atoms with Crippen LogP contribution in [0.3, 0.4) is 0 Å². The molecule has 236 valence electrons. The van der Waals surface area contributed by atoms with Crippen LogP contribution in [0, 0.1) is 0 Å². The summed E-state index contributed by atoms with van der Waals surface area (Å²) in [4.78, 5) is 5.08. The van der Waals surface area contributed by atoms with Crippen molar-refractivity contribution >= 4 is 49.7 Å². The first kappa shape index (κ1) is 29.8. The smallest absolute Gasteiger partial charge is 0.0653 e. The van der Waals surface area contributed by atoms with E-state index in [1.54, 1.807) is 0 Å². The van der Waals surface area contributed by atoms with Crippen LogP contribution < -0.4 is 0 Å². The molecule has 1 nitrogen and oxygen atoms in total. The molecule has 1 aliphatic rings. The van der Waals surface area contributed by atoms with E-state index < -0.39 is 0 Å². The van der Waals surface area contributed by atoms with Gasteiger partial charge in [0.25, 0.3) is 0 Å². The van der Waals surface area contributed by atoms with Gasteiger partial charge in [-0.05, 0) is 107 Å². The number of nitrogens with zero attached hydrogens (tertiary/aromatic N) is 1. The van der Waals surface area contributed by atoms with Crippen LogP contribution in [0.15, 0.2) is 187 Å². The fraction of sp³-hybridized carbons (Fsp3) is 0.0408. The summed E-state index contributed by atoms with van der Waals surface area (Å²) in [6.07, 6.45) is 7.50. The number of hydrogen-bond donors (Lipinski definition) is 0. The first-order valence-electron chi connectivity index (χ1n) is 17.4. The summed E-state index contributed by atoms with van der Waals surface area (Å²) < 4.78 is 0. The molecule has 1 heteroatoms. The summed E-state index contributed by atoms with van der Waals surface area (Å²) in [5.41, 5.74) is 12.1. The molecule has 0 aromatic heterocycles. The largest absolute Gasteiger partial charge is 0.281 e. The van der Waals surface area contributed by atoms with Crippen LogP contribution in [-0.4, -0.2) is 12.3 Å². The van der Waals surface area contributed by atoms with Gasteiger partial charge in [-0.15, -0.1) is 0 Å². The van der Waals surface area contributed by atoms with Crippen LogP contribution in [0.4, 0.5) is 0 Å². The lowest BCUT2D eigenvalue weighted by molar-refractivity contribution is 1.23. The van der Waals surface area contributed by atoms with Crippen molar-refractivity contribution in [3.8, 4) is 22.3 Å². The molecule has 0 radical (unpaired) electrons. The fourth-order valence-electron chi connectivity index (χ4n) is 7.59. The number of fused-ring (bicyclic) bond motifs is 4. The molecule has 0 spiro atoms. The topological polar surface area (TPSA) is 12.4 Å². The molecule has 0 bridgehead atoms. The minimum atomic E-state index is 0.629. The second-order valence-corrected chi connectivity index (χ2v) is 13.0. The number of hydrogen-bond acceptors (Lipinski definition) is 1. The molecule has 0 saturated carbocycles. The Bertz CT molecular complexity index is 2580. The van der Waals surface area contributed by atoms with Gasteiger partial charge in [-0.25, -0.2) is 0 Å². The zero-order valence-electron chi connectivity index (χ0n) is 27.8. The third-order valence-electron chi connectivity index (χ3n) is 9.97.